The number of amides is 2. The molecule has 1 N–H and O–H groups in total. The minimum Gasteiger partial charge on any atom is -0.497 e. The van der Waals surface area contributed by atoms with Crippen molar-refractivity contribution < 1.29 is 27.5 Å². The van der Waals surface area contributed by atoms with Crippen molar-refractivity contribution in [2.24, 2.45) is 0 Å². The highest BCUT2D eigenvalue weighted by atomic mass is 32.2. The van der Waals surface area contributed by atoms with Crippen molar-refractivity contribution in [3.05, 3.63) is 30.0 Å². The molecule has 3 rings (SSSR count). The average molecular weight is 352 g/mol. The maximum Gasteiger partial charge on any atom is 0.290 e. The molecule has 9 heteroatoms. The Morgan fingerprint density at radius 1 is 1.33 bits per heavy atom. The molecule has 1 aromatic rings. The molecule has 2 aliphatic rings. The third kappa shape index (κ3) is 2.94. The Labute approximate surface area is 138 Å². The number of methoxy groups -OCH3 is 1. The van der Waals surface area contributed by atoms with Crippen LogP contribution in [-0.2, 0) is 14.6 Å². The molecular weight excluding hydrogens is 336 g/mol. The Bertz CT molecular complexity index is 832. The predicted molar refractivity (Wildman–Crippen MR) is 85.9 cm³/mol. The molecule has 0 aliphatic carbocycles. The number of fused-ring (bicyclic) bond motifs is 1. The van der Waals surface area contributed by atoms with E-state index in [9.17, 15) is 18.0 Å². The van der Waals surface area contributed by atoms with Gasteiger partial charge in [0.2, 0.25) is 0 Å². The largest absolute Gasteiger partial charge is 0.497 e. The number of hydrogen-bond donors (Lipinski definition) is 1. The van der Waals surface area contributed by atoms with E-state index in [1.807, 2.05) is 0 Å². The molecule has 8 nitrogen and oxygen atoms in total. The van der Waals surface area contributed by atoms with E-state index < -0.39 is 21.7 Å². The smallest absolute Gasteiger partial charge is 0.290 e. The highest BCUT2D eigenvalue weighted by molar-refractivity contribution is 7.91. The first-order valence-electron chi connectivity index (χ1n) is 7.20. The van der Waals surface area contributed by atoms with E-state index in [0.717, 1.165) is 0 Å². The van der Waals surface area contributed by atoms with Crippen molar-refractivity contribution in [3.63, 3.8) is 0 Å². The number of nitrogens with zero attached hydrogens (tertiary/aromatic N) is 1. The molecule has 24 heavy (non-hydrogen) atoms. The number of hydrogen-bond acceptors (Lipinski definition) is 6. The topological polar surface area (TPSA) is 102 Å². The molecule has 1 aromatic carbocycles. The number of sulfone groups is 1. The van der Waals surface area contributed by atoms with Crippen molar-refractivity contribution in [1.29, 1.82) is 0 Å². The fourth-order valence-electron chi connectivity index (χ4n) is 2.53. The average Bonchev–Trinajstić information content (AvgIpc) is 2.54. The molecule has 0 saturated carbocycles. The SMILES string of the molecule is C=C1Oc2cc(OC)cc(C(=O)N3CCS(=O)(=O)CC3)c2NC1=O. The number of anilines is 1. The van der Waals surface area contributed by atoms with Gasteiger partial charge in [0.25, 0.3) is 11.8 Å². The van der Waals surface area contributed by atoms with E-state index in [1.165, 1.54) is 24.1 Å². The van der Waals surface area contributed by atoms with Gasteiger partial charge in [0.1, 0.15) is 5.75 Å². The lowest BCUT2D eigenvalue weighted by Gasteiger charge is -2.29. The van der Waals surface area contributed by atoms with Gasteiger partial charge in [-0.2, -0.15) is 0 Å². The minimum atomic E-state index is -3.10. The Hall–Kier alpha value is -2.55. The van der Waals surface area contributed by atoms with Gasteiger partial charge in [0.05, 0.1) is 29.9 Å². The first-order chi connectivity index (χ1) is 11.3. The molecule has 0 bridgehead atoms. The molecule has 128 valence electrons. The van der Waals surface area contributed by atoms with Crippen molar-refractivity contribution in [2.45, 2.75) is 0 Å². The second-order valence-electron chi connectivity index (χ2n) is 5.47. The molecule has 0 aromatic heterocycles. The summed E-state index contributed by atoms with van der Waals surface area (Å²) < 4.78 is 33.6. The van der Waals surface area contributed by atoms with E-state index in [-0.39, 0.29) is 47.4 Å². The summed E-state index contributed by atoms with van der Waals surface area (Å²) in [7, 11) is -1.66. The zero-order valence-corrected chi connectivity index (χ0v) is 13.8. The van der Waals surface area contributed by atoms with E-state index in [0.29, 0.717) is 5.75 Å². The summed E-state index contributed by atoms with van der Waals surface area (Å²) in [4.78, 5) is 26.0. The van der Waals surface area contributed by atoms with Gasteiger partial charge in [-0.1, -0.05) is 6.58 Å². The van der Waals surface area contributed by atoms with Crippen LogP contribution in [0.2, 0.25) is 0 Å². The van der Waals surface area contributed by atoms with Crippen LogP contribution in [0, 0.1) is 0 Å². The lowest BCUT2D eigenvalue weighted by molar-refractivity contribution is -0.115. The van der Waals surface area contributed by atoms with E-state index in [4.69, 9.17) is 9.47 Å². The highest BCUT2D eigenvalue weighted by Crippen LogP contribution is 2.38. The second kappa shape index (κ2) is 5.82. The number of rotatable bonds is 2. The van der Waals surface area contributed by atoms with Crippen LogP contribution in [0.3, 0.4) is 0 Å². The molecule has 1 fully saturated rings. The van der Waals surface area contributed by atoms with Gasteiger partial charge < -0.3 is 19.7 Å². The summed E-state index contributed by atoms with van der Waals surface area (Å²) >= 11 is 0. The summed E-state index contributed by atoms with van der Waals surface area (Å²) in [6, 6.07) is 3.03. The number of ether oxygens (including phenoxy) is 2. The van der Waals surface area contributed by atoms with Gasteiger partial charge in [-0.3, -0.25) is 9.59 Å². The zero-order chi connectivity index (χ0) is 17.5. The van der Waals surface area contributed by atoms with Crippen molar-refractivity contribution in [3.8, 4) is 11.5 Å². The standard InChI is InChI=1S/C15H16N2O6S/c1-9-14(18)16-13-11(7-10(22-2)8-12(13)23-9)15(19)17-3-5-24(20,21)6-4-17/h7-8H,1,3-6H2,2H3,(H,16,18). The van der Waals surface area contributed by atoms with Crippen LogP contribution in [-0.4, -0.2) is 56.8 Å². The van der Waals surface area contributed by atoms with Gasteiger partial charge in [-0.15, -0.1) is 0 Å². The Kier molecular flexibility index (Phi) is 3.96. The molecule has 0 radical (unpaired) electrons. The monoisotopic (exact) mass is 352 g/mol. The van der Waals surface area contributed by atoms with Crippen LogP contribution in [0.5, 0.6) is 11.5 Å². The molecule has 1 saturated heterocycles. The minimum absolute atomic E-state index is 0.0788. The van der Waals surface area contributed by atoms with Gasteiger partial charge in [0, 0.05) is 19.2 Å². The van der Waals surface area contributed by atoms with Crippen LogP contribution in [0.15, 0.2) is 24.5 Å². The number of nitrogens with one attached hydrogen (secondary N) is 1. The molecule has 0 spiro atoms. The van der Waals surface area contributed by atoms with Gasteiger partial charge >= 0.3 is 0 Å². The van der Waals surface area contributed by atoms with Gasteiger partial charge in [-0.05, 0) is 6.07 Å². The fourth-order valence-corrected chi connectivity index (χ4v) is 3.74. The number of carbonyl (C=O) groups excluding carboxylic acids is 2. The van der Waals surface area contributed by atoms with Crippen LogP contribution < -0.4 is 14.8 Å². The van der Waals surface area contributed by atoms with Gasteiger partial charge in [-0.25, -0.2) is 8.42 Å². The van der Waals surface area contributed by atoms with Gasteiger partial charge in [0.15, 0.2) is 21.3 Å². The van der Waals surface area contributed by atoms with Crippen molar-refractivity contribution >= 4 is 27.3 Å². The van der Waals surface area contributed by atoms with Crippen LogP contribution >= 0.6 is 0 Å². The summed E-state index contributed by atoms with van der Waals surface area (Å²) in [5.74, 6) is -0.537. The first kappa shape index (κ1) is 16.3. The summed E-state index contributed by atoms with van der Waals surface area (Å²) in [5.41, 5.74) is 0.413. The molecule has 2 heterocycles. The lowest BCUT2D eigenvalue weighted by Crippen LogP contribution is -2.44. The number of carbonyl (C=O) groups is 2. The quantitative estimate of drug-likeness (QED) is 0.774. The van der Waals surface area contributed by atoms with E-state index in [1.54, 1.807) is 0 Å². The maximum absolute atomic E-state index is 12.8. The summed E-state index contributed by atoms with van der Waals surface area (Å²) in [6.45, 7) is 3.70. The van der Waals surface area contributed by atoms with E-state index >= 15 is 0 Å². The van der Waals surface area contributed by atoms with Crippen LogP contribution in [0.25, 0.3) is 0 Å². The molecule has 0 unspecified atom stereocenters. The lowest BCUT2D eigenvalue weighted by atomic mass is 10.1. The maximum atomic E-state index is 12.8. The third-order valence-corrected chi connectivity index (χ3v) is 5.51. The molecule has 2 aliphatic heterocycles. The fraction of sp³-hybridized carbons (Fsp3) is 0.333. The Balaban J connectivity index is 1.98. The Morgan fingerprint density at radius 3 is 2.62 bits per heavy atom. The molecule has 0 atom stereocenters. The third-order valence-electron chi connectivity index (χ3n) is 3.90. The summed E-state index contributed by atoms with van der Waals surface area (Å²) in [6.07, 6.45) is 0. The normalized spacial score (nSPS) is 19.1. The second-order valence-corrected chi connectivity index (χ2v) is 7.78. The zero-order valence-electron chi connectivity index (χ0n) is 13.0. The molecular formula is C15H16N2O6S. The van der Waals surface area contributed by atoms with Crippen molar-refractivity contribution in [2.75, 3.05) is 37.0 Å². The predicted octanol–water partition coefficient (Wildman–Crippen LogP) is 0.410. The first-order valence-corrected chi connectivity index (χ1v) is 9.03. The number of benzene rings is 1. The van der Waals surface area contributed by atoms with E-state index in [2.05, 4.69) is 11.9 Å². The Morgan fingerprint density at radius 2 is 2.00 bits per heavy atom. The van der Waals surface area contributed by atoms with Crippen LogP contribution in [0.4, 0.5) is 5.69 Å². The van der Waals surface area contributed by atoms with Crippen LogP contribution in [0.1, 0.15) is 10.4 Å². The highest BCUT2D eigenvalue weighted by Gasteiger charge is 2.31. The molecule has 2 amide bonds. The van der Waals surface area contributed by atoms with Crippen molar-refractivity contribution in [1.82, 2.24) is 4.90 Å². The summed E-state index contributed by atoms with van der Waals surface area (Å²) in [5, 5.41) is 2.58.